The lowest BCUT2D eigenvalue weighted by Crippen LogP contribution is -2.21. The summed E-state index contributed by atoms with van der Waals surface area (Å²) in [5.41, 5.74) is 0.931. The maximum Gasteiger partial charge on any atom is 0.322 e. The van der Waals surface area contributed by atoms with E-state index >= 15 is 0 Å². The summed E-state index contributed by atoms with van der Waals surface area (Å²) in [7, 11) is 0. The van der Waals surface area contributed by atoms with Gasteiger partial charge in [-0.2, -0.15) is 0 Å². The minimum Gasteiger partial charge on any atom is -0.485 e. The van der Waals surface area contributed by atoms with E-state index in [-0.39, 0.29) is 6.01 Å². The van der Waals surface area contributed by atoms with Crippen LogP contribution in [0.2, 0.25) is 0 Å². The number of thiazole rings is 1. The van der Waals surface area contributed by atoms with Crippen molar-refractivity contribution in [3.63, 3.8) is 0 Å². The van der Waals surface area contributed by atoms with Crippen LogP contribution in [0, 0.1) is 0 Å². The van der Waals surface area contributed by atoms with Crippen LogP contribution in [0.3, 0.4) is 0 Å². The van der Waals surface area contributed by atoms with E-state index < -0.39 is 6.10 Å². The molecule has 4 aromatic rings. The van der Waals surface area contributed by atoms with Gasteiger partial charge >= 0.3 is 6.01 Å². The van der Waals surface area contributed by atoms with Crippen LogP contribution in [0.5, 0.6) is 11.5 Å². The second-order valence-electron chi connectivity index (χ2n) is 5.79. The molecular weight excluding hydrogens is 384 g/mol. The Bertz CT molecular complexity index is 1110. The zero-order chi connectivity index (χ0) is 18.2. The number of anilines is 2. The van der Waals surface area contributed by atoms with Crippen molar-refractivity contribution in [2.45, 2.75) is 11.0 Å². The summed E-state index contributed by atoms with van der Waals surface area (Å²) in [6, 6.07) is 14.0. The van der Waals surface area contributed by atoms with E-state index in [2.05, 4.69) is 38.9 Å². The van der Waals surface area contributed by atoms with E-state index in [4.69, 9.17) is 13.9 Å². The highest BCUT2D eigenvalue weighted by atomic mass is 32.2. The monoisotopic (exact) mass is 398 g/mol. The first-order valence-corrected chi connectivity index (χ1v) is 10.3. The van der Waals surface area contributed by atoms with Crippen LogP contribution in [0.25, 0.3) is 10.2 Å². The van der Waals surface area contributed by atoms with E-state index in [1.807, 2.05) is 30.3 Å². The number of nitrogens with one attached hydrogen (secondary N) is 1. The molecule has 9 heteroatoms. The Morgan fingerprint density at radius 1 is 1.15 bits per heavy atom. The predicted octanol–water partition coefficient (Wildman–Crippen LogP) is 4.66. The lowest BCUT2D eigenvalue weighted by atomic mass is 10.2. The first kappa shape index (κ1) is 16.4. The molecule has 0 radical (unpaired) electrons. The maximum absolute atomic E-state index is 5.89. The Morgan fingerprint density at radius 2 is 2.04 bits per heavy atom. The van der Waals surface area contributed by atoms with Gasteiger partial charge in [0, 0.05) is 4.90 Å². The zero-order valence-corrected chi connectivity index (χ0v) is 15.8. The van der Waals surface area contributed by atoms with Crippen LogP contribution in [-0.4, -0.2) is 28.0 Å². The fraction of sp³-hybridized carbons (Fsp3) is 0.167. The lowest BCUT2D eigenvalue weighted by molar-refractivity contribution is 0.0718. The molecule has 0 fully saturated rings. The standard InChI is InChI=1S/C18H14N4O3S2/c1-26-10-6-7-11-15(8-10)27-18(19-11)20-17-22-21-16(25-17)14-9-23-12-4-2-3-5-13(12)24-14/h2-8,14H,9H2,1H3,(H,19,20,22). The molecule has 1 unspecified atom stereocenters. The largest absolute Gasteiger partial charge is 0.485 e. The number of hydrogen-bond donors (Lipinski definition) is 1. The molecule has 0 aliphatic carbocycles. The van der Waals surface area contributed by atoms with Crippen LogP contribution < -0.4 is 14.8 Å². The summed E-state index contributed by atoms with van der Waals surface area (Å²) in [5.74, 6) is 1.74. The molecule has 1 aliphatic heterocycles. The summed E-state index contributed by atoms with van der Waals surface area (Å²) in [4.78, 5) is 5.75. The zero-order valence-electron chi connectivity index (χ0n) is 14.2. The number of nitrogens with zero attached hydrogens (tertiary/aromatic N) is 3. The number of thioether (sulfide) groups is 1. The smallest absolute Gasteiger partial charge is 0.322 e. The van der Waals surface area contributed by atoms with Crippen molar-refractivity contribution in [3.8, 4) is 11.5 Å². The third-order valence-electron chi connectivity index (χ3n) is 4.03. The van der Waals surface area contributed by atoms with Crippen LogP contribution in [-0.2, 0) is 0 Å². The molecule has 0 spiro atoms. The van der Waals surface area contributed by atoms with E-state index in [9.17, 15) is 0 Å². The second-order valence-corrected chi connectivity index (χ2v) is 7.70. The van der Waals surface area contributed by atoms with Gasteiger partial charge in [-0.05, 0) is 36.6 Å². The fourth-order valence-electron chi connectivity index (χ4n) is 2.73. The number of rotatable bonds is 4. The summed E-state index contributed by atoms with van der Waals surface area (Å²) in [6.07, 6.45) is 1.61. The van der Waals surface area contributed by atoms with Gasteiger partial charge in [0.15, 0.2) is 16.6 Å². The highest BCUT2D eigenvalue weighted by Gasteiger charge is 2.27. The van der Waals surface area contributed by atoms with Crippen LogP contribution in [0.15, 0.2) is 51.8 Å². The third-order valence-corrected chi connectivity index (χ3v) is 5.69. The molecular formula is C18H14N4O3S2. The SMILES string of the molecule is CSc1ccc2nc(Nc3nnc(C4COc5ccccc5O4)o3)sc2c1. The Labute approximate surface area is 162 Å². The van der Waals surface area contributed by atoms with Gasteiger partial charge < -0.3 is 13.9 Å². The Morgan fingerprint density at radius 3 is 2.93 bits per heavy atom. The quantitative estimate of drug-likeness (QED) is 0.497. The highest BCUT2D eigenvalue weighted by molar-refractivity contribution is 7.98. The van der Waals surface area contributed by atoms with Crippen LogP contribution >= 0.6 is 23.1 Å². The van der Waals surface area contributed by atoms with E-state index in [0.717, 1.165) is 10.2 Å². The summed E-state index contributed by atoms with van der Waals surface area (Å²) < 4.78 is 18.4. The average molecular weight is 398 g/mol. The normalized spacial score (nSPS) is 15.8. The van der Waals surface area contributed by atoms with Gasteiger partial charge in [-0.1, -0.05) is 28.6 Å². The van der Waals surface area contributed by atoms with Crippen molar-refractivity contribution in [1.82, 2.24) is 15.2 Å². The summed E-state index contributed by atoms with van der Waals surface area (Å²) >= 11 is 3.24. The summed E-state index contributed by atoms with van der Waals surface area (Å²) in [6.45, 7) is 0.317. The number of para-hydroxylation sites is 2. The molecule has 7 nitrogen and oxygen atoms in total. The Kier molecular flexibility index (Phi) is 4.10. The minimum absolute atomic E-state index is 0.275. The average Bonchev–Trinajstić information content (AvgIpc) is 3.33. The van der Waals surface area contributed by atoms with Gasteiger partial charge in [0.1, 0.15) is 6.61 Å². The molecule has 2 aromatic carbocycles. The van der Waals surface area contributed by atoms with Crippen molar-refractivity contribution >= 4 is 44.5 Å². The number of hydrogen-bond acceptors (Lipinski definition) is 9. The van der Waals surface area contributed by atoms with Crippen molar-refractivity contribution in [1.29, 1.82) is 0 Å². The number of benzene rings is 2. The number of fused-ring (bicyclic) bond motifs is 2. The Hall–Kier alpha value is -2.78. The van der Waals surface area contributed by atoms with E-state index in [0.29, 0.717) is 29.1 Å². The molecule has 5 rings (SSSR count). The second kappa shape index (κ2) is 6.75. The lowest BCUT2D eigenvalue weighted by Gasteiger charge is -2.23. The summed E-state index contributed by atoms with van der Waals surface area (Å²) in [5, 5.41) is 11.9. The molecule has 0 amide bonds. The van der Waals surface area contributed by atoms with Crippen LogP contribution in [0.1, 0.15) is 12.0 Å². The third kappa shape index (κ3) is 3.19. The van der Waals surface area contributed by atoms with Gasteiger partial charge in [-0.15, -0.1) is 16.9 Å². The predicted molar refractivity (Wildman–Crippen MR) is 104 cm³/mol. The number of aromatic nitrogens is 3. The van der Waals surface area contributed by atoms with Gasteiger partial charge in [0.2, 0.25) is 6.10 Å². The van der Waals surface area contributed by atoms with Gasteiger partial charge in [0.25, 0.3) is 5.89 Å². The molecule has 136 valence electrons. The Balaban J connectivity index is 1.34. The molecule has 1 aliphatic rings. The highest BCUT2D eigenvalue weighted by Crippen LogP contribution is 2.36. The van der Waals surface area contributed by atoms with E-state index in [1.54, 1.807) is 11.8 Å². The number of ether oxygens (including phenoxy) is 2. The molecule has 0 saturated carbocycles. The topological polar surface area (TPSA) is 82.3 Å². The van der Waals surface area contributed by atoms with Crippen molar-refractivity contribution in [2.75, 3.05) is 18.2 Å². The fourth-order valence-corrected chi connectivity index (χ4v) is 4.14. The first-order valence-electron chi connectivity index (χ1n) is 8.22. The first-order chi connectivity index (χ1) is 13.3. The minimum atomic E-state index is -0.442. The van der Waals surface area contributed by atoms with E-state index in [1.165, 1.54) is 16.2 Å². The molecule has 3 heterocycles. The van der Waals surface area contributed by atoms with Crippen LogP contribution in [0.4, 0.5) is 11.1 Å². The van der Waals surface area contributed by atoms with Crippen molar-refractivity contribution < 1.29 is 13.9 Å². The molecule has 0 bridgehead atoms. The van der Waals surface area contributed by atoms with Crippen molar-refractivity contribution in [3.05, 3.63) is 48.4 Å². The molecule has 1 N–H and O–H groups in total. The molecule has 0 saturated heterocycles. The van der Waals surface area contributed by atoms with Crippen molar-refractivity contribution in [2.24, 2.45) is 0 Å². The van der Waals surface area contributed by atoms with Gasteiger partial charge in [-0.3, -0.25) is 5.32 Å². The molecule has 27 heavy (non-hydrogen) atoms. The van der Waals surface area contributed by atoms with Gasteiger partial charge in [0.05, 0.1) is 10.2 Å². The van der Waals surface area contributed by atoms with Gasteiger partial charge in [-0.25, -0.2) is 4.98 Å². The molecule has 2 aromatic heterocycles. The molecule has 1 atom stereocenters. The maximum atomic E-state index is 5.89.